The van der Waals surface area contributed by atoms with Crippen LogP contribution in [0.5, 0.6) is 0 Å². The highest BCUT2D eigenvalue weighted by molar-refractivity contribution is 5.81. The zero-order valence-corrected chi connectivity index (χ0v) is 12.0. The second-order valence-corrected chi connectivity index (χ2v) is 4.73. The summed E-state index contributed by atoms with van der Waals surface area (Å²) in [5.41, 5.74) is 2.25. The molecular weight excluding hydrogens is 246 g/mol. The number of fused-ring (bicyclic) bond motifs is 1. The average Bonchev–Trinajstić information content (AvgIpc) is 2.60. The van der Waals surface area contributed by atoms with Gasteiger partial charge in [-0.2, -0.15) is 4.98 Å². The van der Waals surface area contributed by atoms with Crippen molar-refractivity contribution in [2.24, 2.45) is 0 Å². The van der Waals surface area contributed by atoms with E-state index in [9.17, 15) is 4.79 Å². The van der Waals surface area contributed by atoms with Gasteiger partial charge in [-0.15, -0.1) is 0 Å². The summed E-state index contributed by atoms with van der Waals surface area (Å²) in [5, 5.41) is 0.555. The molecule has 0 N–H and O–H groups in total. The number of anilines is 1. The summed E-state index contributed by atoms with van der Waals surface area (Å²) in [6.07, 6.45) is 0. The van der Waals surface area contributed by atoms with Crippen LogP contribution < -0.4 is 10.5 Å². The highest BCUT2D eigenvalue weighted by Gasteiger charge is 2.18. The lowest BCUT2D eigenvalue weighted by molar-refractivity contribution is 0.187. The van der Waals surface area contributed by atoms with E-state index in [1.54, 1.807) is 26.1 Å². The highest BCUT2D eigenvalue weighted by atomic mass is 16.5. The van der Waals surface area contributed by atoms with Gasteiger partial charge in [-0.1, -0.05) is 0 Å². The van der Waals surface area contributed by atoms with Crippen LogP contribution in [0.2, 0.25) is 0 Å². The molecule has 104 valence electrons. The van der Waals surface area contributed by atoms with Gasteiger partial charge in [0.2, 0.25) is 0 Å². The quantitative estimate of drug-likeness (QED) is 0.834. The molecule has 0 fully saturated rings. The van der Waals surface area contributed by atoms with Gasteiger partial charge in [-0.05, 0) is 19.4 Å². The van der Waals surface area contributed by atoms with Crippen molar-refractivity contribution in [3.8, 4) is 0 Å². The Labute approximate surface area is 111 Å². The molecule has 0 unspecified atom stereocenters. The van der Waals surface area contributed by atoms with Crippen LogP contribution in [-0.2, 0) is 11.3 Å². The van der Waals surface area contributed by atoms with Gasteiger partial charge in [0.1, 0.15) is 5.39 Å². The molecule has 0 aliphatic heterocycles. The molecule has 0 bridgehead atoms. The number of ether oxygens (including phenoxy) is 1. The Kier molecular flexibility index (Phi) is 3.61. The Morgan fingerprint density at radius 2 is 2.05 bits per heavy atom. The fourth-order valence-electron chi connectivity index (χ4n) is 2.10. The van der Waals surface area contributed by atoms with Gasteiger partial charge in [-0.3, -0.25) is 0 Å². The zero-order chi connectivity index (χ0) is 14.2. The maximum Gasteiger partial charge on any atom is 0.350 e. The topological polar surface area (TPSA) is 60.5 Å². The Morgan fingerprint density at radius 1 is 1.37 bits per heavy atom. The van der Waals surface area contributed by atoms with Crippen molar-refractivity contribution in [3.63, 3.8) is 0 Å². The standard InChI is InChI=1S/C13H19N3O3/c1-8-9(2)16(6-7-18-5)11-10(8)12(17)19-13(14-11)15(3)4/h6-7H2,1-5H3. The third-order valence-corrected chi connectivity index (χ3v) is 3.29. The molecule has 6 nitrogen and oxygen atoms in total. The van der Waals surface area contributed by atoms with Crippen LogP contribution in [0.25, 0.3) is 11.0 Å². The van der Waals surface area contributed by atoms with Crippen LogP contribution in [-0.4, -0.2) is 37.4 Å². The number of nitrogens with zero attached hydrogens (tertiary/aromatic N) is 3. The lowest BCUT2D eigenvalue weighted by Gasteiger charge is -2.10. The number of rotatable bonds is 4. The molecule has 0 atom stereocenters. The fraction of sp³-hybridized carbons (Fsp3) is 0.538. The van der Waals surface area contributed by atoms with Crippen molar-refractivity contribution < 1.29 is 9.15 Å². The summed E-state index contributed by atoms with van der Waals surface area (Å²) in [6, 6.07) is 0.314. The van der Waals surface area contributed by atoms with Crippen molar-refractivity contribution in [1.82, 2.24) is 9.55 Å². The number of hydrogen-bond acceptors (Lipinski definition) is 5. The summed E-state index contributed by atoms with van der Waals surface area (Å²) < 4.78 is 12.3. The molecule has 0 spiro atoms. The van der Waals surface area contributed by atoms with Gasteiger partial charge in [-0.25, -0.2) is 4.79 Å². The Hall–Kier alpha value is -1.82. The zero-order valence-electron chi connectivity index (χ0n) is 12.0. The van der Waals surface area contributed by atoms with Gasteiger partial charge < -0.3 is 18.6 Å². The lowest BCUT2D eigenvalue weighted by atomic mass is 10.2. The molecule has 0 aliphatic rings. The summed E-state index contributed by atoms with van der Waals surface area (Å²) in [4.78, 5) is 18.2. The van der Waals surface area contributed by atoms with Gasteiger partial charge in [0.05, 0.1) is 6.61 Å². The second kappa shape index (κ2) is 5.05. The summed E-state index contributed by atoms with van der Waals surface area (Å²) in [7, 11) is 5.24. The molecule has 0 saturated carbocycles. The van der Waals surface area contributed by atoms with E-state index in [2.05, 4.69) is 4.98 Å². The predicted octanol–water partition coefficient (Wildman–Crippen LogP) is 1.32. The first kappa shape index (κ1) is 13.6. The molecule has 0 saturated heterocycles. The third kappa shape index (κ3) is 2.23. The molecule has 2 aromatic rings. The average molecular weight is 265 g/mol. The second-order valence-electron chi connectivity index (χ2n) is 4.73. The van der Waals surface area contributed by atoms with Crippen LogP contribution in [0.15, 0.2) is 9.21 Å². The minimum absolute atomic E-state index is 0.314. The first-order chi connectivity index (χ1) is 8.97. The summed E-state index contributed by atoms with van der Waals surface area (Å²) in [5.74, 6) is 0. The van der Waals surface area contributed by atoms with Gasteiger partial charge in [0.15, 0.2) is 5.65 Å². The van der Waals surface area contributed by atoms with Crippen molar-refractivity contribution in [1.29, 1.82) is 0 Å². The van der Waals surface area contributed by atoms with Crippen molar-refractivity contribution in [2.75, 3.05) is 32.7 Å². The normalized spacial score (nSPS) is 11.2. The molecule has 2 rings (SSSR count). The molecule has 2 heterocycles. The molecule has 0 amide bonds. The molecule has 0 aromatic carbocycles. The minimum atomic E-state index is -0.342. The number of hydrogen-bond donors (Lipinski definition) is 0. The minimum Gasteiger partial charge on any atom is -0.388 e. The Bertz CT molecular complexity index is 655. The van der Waals surface area contributed by atoms with Gasteiger partial charge >= 0.3 is 11.6 Å². The summed E-state index contributed by atoms with van der Waals surface area (Å²) in [6.45, 7) is 5.12. The third-order valence-electron chi connectivity index (χ3n) is 3.29. The van der Waals surface area contributed by atoms with E-state index in [-0.39, 0.29) is 5.63 Å². The molecule has 2 aromatic heterocycles. The number of aromatic nitrogens is 2. The van der Waals surface area contributed by atoms with E-state index in [4.69, 9.17) is 9.15 Å². The number of methoxy groups -OCH3 is 1. The van der Waals surface area contributed by atoms with E-state index in [1.165, 1.54) is 0 Å². The van der Waals surface area contributed by atoms with E-state index < -0.39 is 0 Å². The van der Waals surface area contributed by atoms with Crippen LogP contribution in [0.1, 0.15) is 11.3 Å². The molecule has 0 aliphatic carbocycles. The molecule has 0 radical (unpaired) electrons. The van der Waals surface area contributed by atoms with Crippen LogP contribution in [0.4, 0.5) is 6.01 Å². The SMILES string of the molecule is COCCn1c(C)c(C)c2c(=O)oc(N(C)C)nc21. The Morgan fingerprint density at radius 3 is 2.63 bits per heavy atom. The monoisotopic (exact) mass is 265 g/mol. The van der Waals surface area contributed by atoms with Gasteiger partial charge in [0.25, 0.3) is 0 Å². The van der Waals surface area contributed by atoms with E-state index >= 15 is 0 Å². The lowest BCUT2D eigenvalue weighted by Crippen LogP contribution is -2.15. The highest BCUT2D eigenvalue weighted by Crippen LogP contribution is 2.22. The van der Waals surface area contributed by atoms with Crippen molar-refractivity contribution in [2.45, 2.75) is 20.4 Å². The van der Waals surface area contributed by atoms with Crippen LogP contribution >= 0.6 is 0 Å². The summed E-state index contributed by atoms with van der Waals surface area (Å²) >= 11 is 0. The predicted molar refractivity (Wildman–Crippen MR) is 73.9 cm³/mol. The first-order valence-electron chi connectivity index (χ1n) is 6.14. The van der Waals surface area contributed by atoms with E-state index in [0.717, 1.165) is 11.3 Å². The molecule has 6 heteroatoms. The van der Waals surface area contributed by atoms with E-state index in [1.807, 2.05) is 18.4 Å². The van der Waals surface area contributed by atoms with Crippen molar-refractivity contribution in [3.05, 3.63) is 21.7 Å². The first-order valence-corrected chi connectivity index (χ1v) is 6.14. The fourth-order valence-corrected chi connectivity index (χ4v) is 2.10. The smallest absolute Gasteiger partial charge is 0.350 e. The number of aryl methyl sites for hydroxylation is 1. The maximum atomic E-state index is 12.1. The van der Waals surface area contributed by atoms with E-state index in [0.29, 0.717) is 30.2 Å². The van der Waals surface area contributed by atoms with Crippen LogP contribution in [0, 0.1) is 13.8 Å². The maximum absolute atomic E-state index is 12.1. The van der Waals surface area contributed by atoms with Crippen molar-refractivity contribution >= 4 is 17.0 Å². The largest absolute Gasteiger partial charge is 0.388 e. The van der Waals surface area contributed by atoms with Gasteiger partial charge in [0, 0.05) is 33.4 Å². The molecular formula is C13H19N3O3. The molecule has 19 heavy (non-hydrogen) atoms. The van der Waals surface area contributed by atoms with Crippen LogP contribution in [0.3, 0.4) is 0 Å². The Balaban J connectivity index is 2.73.